The van der Waals surface area contributed by atoms with Gasteiger partial charge in [0.2, 0.25) is 5.91 Å². The van der Waals surface area contributed by atoms with Gasteiger partial charge in [0.1, 0.15) is 11.7 Å². The van der Waals surface area contributed by atoms with Crippen LogP contribution >= 0.6 is 11.8 Å². The van der Waals surface area contributed by atoms with Crippen molar-refractivity contribution >= 4 is 29.3 Å². The van der Waals surface area contributed by atoms with Crippen molar-refractivity contribution in [3.05, 3.63) is 66.2 Å². The van der Waals surface area contributed by atoms with Crippen molar-refractivity contribution in [2.75, 3.05) is 42.6 Å². The summed E-state index contributed by atoms with van der Waals surface area (Å²) in [5.74, 6) is -2.78. The Morgan fingerprint density at radius 1 is 1.07 bits per heavy atom. The van der Waals surface area contributed by atoms with Gasteiger partial charge in [-0.25, -0.2) is 9.18 Å². The number of carboxylic acids is 1. The smallest absolute Gasteiger partial charge is 0.414 e. The average molecular weight is 610 g/mol. The number of hydrogen-bond acceptors (Lipinski definition) is 5. The average Bonchev–Trinajstić information content (AvgIpc) is 2.93. The zero-order valence-electron chi connectivity index (χ0n) is 23.6. The summed E-state index contributed by atoms with van der Waals surface area (Å²) in [5, 5.41) is 16.5. The zero-order chi connectivity index (χ0) is 30.7. The summed E-state index contributed by atoms with van der Waals surface area (Å²) in [6.45, 7) is 9.99. The normalized spacial score (nSPS) is 24.7. The number of nitrogens with one attached hydrogen (secondary N) is 2. The molecule has 0 aliphatic carbocycles. The molecule has 2 aliphatic rings. The van der Waals surface area contributed by atoms with E-state index in [0.717, 1.165) is 63.0 Å². The van der Waals surface area contributed by atoms with Gasteiger partial charge in [-0.05, 0) is 48.2 Å². The van der Waals surface area contributed by atoms with Crippen LogP contribution in [0, 0.1) is 0 Å². The highest BCUT2D eigenvalue weighted by molar-refractivity contribution is 7.99. The van der Waals surface area contributed by atoms with Gasteiger partial charge in [0, 0.05) is 23.6 Å². The number of aliphatic carboxylic acids is 1. The maximum Gasteiger partial charge on any atom is 0.414 e. The first-order valence-electron chi connectivity index (χ1n) is 13.8. The minimum Gasteiger partial charge on any atom is -0.480 e. The molecule has 7 nitrogen and oxygen atoms in total. The Bertz CT molecular complexity index is 1280. The summed E-state index contributed by atoms with van der Waals surface area (Å²) in [6.07, 6.45) is -5.59. The van der Waals surface area contributed by atoms with Crippen LogP contribution in [0.3, 0.4) is 0 Å². The maximum atomic E-state index is 15.2. The van der Waals surface area contributed by atoms with Crippen molar-refractivity contribution in [1.29, 1.82) is 0 Å². The molecule has 0 unspecified atom stereocenters. The molecule has 2 saturated heterocycles. The molecule has 12 heteroatoms. The topological polar surface area (TPSA) is 98.3 Å². The fourth-order valence-electron chi connectivity index (χ4n) is 5.43. The van der Waals surface area contributed by atoms with Crippen molar-refractivity contribution in [2.24, 2.45) is 0 Å². The molecule has 2 heterocycles. The molecule has 2 aromatic carbocycles. The lowest BCUT2D eigenvalue weighted by Gasteiger charge is -2.42. The Kier molecular flexibility index (Phi) is 9.58. The summed E-state index contributed by atoms with van der Waals surface area (Å²) >= 11 is 0.924. The molecule has 1 amide bonds. The molecule has 2 aromatic rings. The third-order valence-corrected chi connectivity index (χ3v) is 8.74. The molecule has 0 radical (unpaired) electrons. The number of carbonyl (C=O) groups is 2. The summed E-state index contributed by atoms with van der Waals surface area (Å²) in [6, 6.07) is 10.7. The molecule has 228 valence electrons. The monoisotopic (exact) mass is 609 g/mol. The van der Waals surface area contributed by atoms with E-state index >= 15 is 13.2 Å². The van der Waals surface area contributed by atoms with Gasteiger partial charge < -0.3 is 20.6 Å². The predicted octanol–water partition coefficient (Wildman–Crippen LogP) is 3.46. The third kappa shape index (κ3) is 7.09. The van der Waals surface area contributed by atoms with E-state index in [1.165, 1.54) is 12.1 Å². The third-order valence-electron chi connectivity index (χ3n) is 7.62. The molecule has 3 atom stereocenters. The summed E-state index contributed by atoms with van der Waals surface area (Å²) in [4.78, 5) is 27.1. The summed E-state index contributed by atoms with van der Waals surface area (Å²) < 4.78 is 60.4. The van der Waals surface area contributed by atoms with Crippen LogP contribution in [0.4, 0.5) is 23.2 Å². The zero-order valence-corrected chi connectivity index (χ0v) is 24.5. The lowest BCUT2D eigenvalue weighted by molar-refractivity contribution is -0.655. The second kappa shape index (κ2) is 12.6. The van der Waals surface area contributed by atoms with Crippen molar-refractivity contribution in [3.8, 4) is 11.1 Å². The van der Waals surface area contributed by atoms with Crippen LogP contribution in [0.25, 0.3) is 11.1 Å². The van der Waals surface area contributed by atoms with Crippen LogP contribution in [0.1, 0.15) is 25.8 Å². The minimum absolute atomic E-state index is 0.176. The van der Waals surface area contributed by atoms with Crippen LogP contribution in [-0.2, 0) is 15.1 Å². The van der Waals surface area contributed by atoms with Crippen molar-refractivity contribution in [1.82, 2.24) is 10.6 Å². The summed E-state index contributed by atoms with van der Waals surface area (Å²) in [7, 11) is 0. The number of rotatable bonds is 6. The highest BCUT2D eigenvalue weighted by Gasteiger charge is 2.59. The number of halogens is 4. The number of amides is 1. The van der Waals surface area contributed by atoms with Crippen molar-refractivity contribution in [3.63, 3.8) is 0 Å². The van der Waals surface area contributed by atoms with Gasteiger partial charge in [-0.1, -0.05) is 43.0 Å². The standard InChI is InChI=1S/C30H36F4N4O3S/c1-19-17-42-18-25(27(40)41)36-26(39)24(16-28(2,3)31)37-29(19,30(32,33)34)22-8-4-20(5-9-22)21-6-10-23(11-7-21)38-14-12-35-13-15-38/h4-11,24-25,35,37H,1,12-18H2,2-3H3,(H,36,39)(H,40,41)/p+1/t24-,25-,29-/m0/s1. The van der Waals surface area contributed by atoms with Gasteiger partial charge in [-0.3, -0.25) is 10.1 Å². The lowest BCUT2D eigenvalue weighted by Crippen LogP contribution is -2.89. The molecule has 2 fully saturated rings. The van der Waals surface area contributed by atoms with Crippen LogP contribution in [0.15, 0.2) is 60.7 Å². The number of nitrogens with zero attached hydrogens (tertiary/aromatic N) is 1. The van der Waals surface area contributed by atoms with Crippen LogP contribution < -0.4 is 20.9 Å². The number of hydrogen-bond donors (Lipinski definition) is 4. The van der Waals surface area contributed by atoms with Gasteiger partial charge in [0.25, 0.3) is 0 Å². The number of carbonyl (C=O) groups excluding carboxylic acids is 1. The summed E-state index contributed by atoms with van der Waals surface area (Å²) in [5.41, 5.74) is -2.81. The maximum absolute atomic E-state index is 15.2. The van der Waals surface area contributed by atoms with E-state index in [4.69, 9.17) is 0 Å². The number of quaternary nitrogens is 1. The number of anilines is 1. The van der Waals surface area contributed by atoms with E-state index in [1.54, 1.807) is 12.1 Å². The first-order valence-corrected chi connectivity index (χ1v) is 15.0. The molecular formula is C30H37F4N4O3S+. The number of thioether (sulfide) groups is 1. The van der Waals surface area contributed by atoms with E-state index in [0.29, 0.717) is 5.56 Å². The Morgan fingerprint density at radius 3 is 2.17 bits per heavy atom. The number of nitrogens with two attached hydrogens (primary N) is 1. The SMILES string of the molecule is C=C1CSC[C@@H](C(=O)O)NC(=O)[C@H](CC(C)(C)F)N[C@@]1(c1ccc(-c2ccc(N3CC[NH2+]CC3)cc2)cc1)C(F)(F)F. The molecule has 0 spiro atoms. The number of benzene rings is 2. The molecular weight excluding hydrogens is 572 g/mol. The molecule has 42 heavy (non-hydrogen) atoms. The second-order valence-corrected chi connectivity index (χ2v) is 12.4. The quantitative estimate of drug-likeness (QED) is 0.296. The Balaban J connectivity index is 1.71. The Morgan fingerprint density at radius 2 is 1.64 bits per heavy atom. The van der Waals surface area contributed by atoms with Crippen molar-refractivity contribution in [2.45, 2.75) is 49.7 Å². The van der Waals surface area contributed by atoms with Gasteiger partial charge in [-0.15, -0.1) is 0 Å². The Labute approximate surface area is 247 Å². The largest absolute Gasteiger partial charge is 0.480 e. The molecule has 0 bridgehead atoms. The molecule has 4 rings (SSSR count). The van der Waals surface area contributed by atoms with E-state index in [2.05, 4.69) is 27.4 Å². The highest BCUT2D eigenvalue weighted by Crippen LogP contribution is 2.46. The fraction of sp³-hybridized carbons (Fsp3) is 0.467. The number of alkyl halides is 4. The van der Waals surface area contributed by atoms with Crippen LogP contribution in [0.2, 0.25) is 0 Å². The fourth-order valence-corrected chi connectivity index (χ4v) is 6.48. The van der Waals surface area contributed by atoms with E-state index in [-0.39, 0.29) is 22.6 Å². The first-order chi connectivity index (χ1) is 19.7. The number of piperazine rings is 1. The molecule has 0 saturated carbocycles. The molecule has 5 N–H and O–H groups in total. The minimum atomic E-state index is -4.97. The van der Waals surface area contributed by atoms with Crippen LogP contribution in [-0.4, -0.2) is 78.6 Å². The number of carboxylic acid groups (broad SMARTS) is 1. The van der Waals surface area contributed by atoms with Crippen molar-refractivity contribution < 1.29 is 37.6 Å². The van der Waals surface area contributed by atoms with Gasteiger partial charge in [0.05, 0.1) is 32.2 Å². The Hall–Kier alpha value is -3.09. The van der Waals surface area contributed by atoms with Crippen LogP contribution in [0.5, 0.6) is 0 Å². The van der Waals surface area contributed by atoms with E-state index in [9.17, 15) is 19.1 Å². The van der Waals surface area contributed by atoms with Gasteiger partial charge in [0.15, 0.2) is 5.54 Å². The lowest BCUT2D eigenvalue weighted by atomic mass is 9.80. The van der Waals surface area contributed by atoms with Gasteiger partial charge >= 0.3 is 12.1 Å². The van der Waals surface area contributed by atoms with E-state index in [1.807, 2.05) is 24.3 Å². The molecule has 0 aromatic heterocycles. The first kappa shape index (κ1) is 31.8. The predicted molar refractivity (Wildman–Crippen MR) is 156 cm³/mol. The van der Waals surface area contributed by atoms with E-state index < -0.39 is 47.8 Å². The molecule has 2 aliphatic heterocycles. The highest BCUT2D eigenvalue weighted by atomic mass is 32.2. The second-order valence-electron chi connectivity index (χ2n) is 11.4. The van der Waals surface area contributed by atoms with Gasteiger partial charge in [-0.2, -0.15) is 24.9 Å².